The minimum absolute atomic E-state index is 0.0130. The summed E-state index contributed by atoms with van der Waals surface area (Å²) in [5, 5.41) is 2.95. The molecular weight excluding hydrogens is 342 g/mol. The first-order valence-electron chi connectivity index (χ1n) is 7.21. The fourth-order valence-electron chi connectivity index (χ4n) is 2.19. The van der Waals surface area contributed by atoms with Gasteiger partial charge in [0.1, 0.15) is 5.75 Å². The number of carbonyl (C=O) groups excluding carboxylic acids is 1. The van der Waals surface area contributed by atoms with E-state index in [1.807, 2.05) is 63.2 Å². The van der Waals surface area contributed by atoms with Crippen molar-refractivity contribution in [2.24, 2.45) is 0 Å². The fraction of sp³-hybridized carbons (Fsp3) is 0.278. The van der Waals surface area contributed by atoms with Crippen LogP contribution in [0.4, 0.5) is 0 Å². The third-order valence-corrected chi connectivity index (χ3v) is 4.17. The largest absolute Gasteiger partial charge is 0.483 e. The Morgan fingerprint density at radius 1 is 1.23 bits per heavy atom. The van der Waals surface area contributed by atoms with Gasteiger partial charge in [0.25, 0.3) is 5.91 Å². The SMILES string of the molecule is Cc1ccc(C)c(OCC(=O)NC(C)c2ccccc2Br)c1. The van der Waals surface area contributed by atoms with Gasteiger partial charge >= 0.3 is 0 Å². The summed E-state index contributed by atoms with van der Waals surface area (Å²) in [7, 11) is 0. The van der Waals surface area contributed by atoms with Crippen molar-refractivity contribution in [1.82, 2.24) is 5.32 Å². The summed E-state index contributed by atoms with van der Waals surface area (Å²) in [4.78, 5) is 12.1. The molecule has 22 heavy (non-hydrogen) atoms. The maximum Gasteiger partial charge on any atom is 0.258 e. The molecule has 0 saturated heterocycles. The molecule has 1 amide bonds. The first kappa shape index (κ1) is 16.6. The topological polar surface area (TPSA) is 38.3 Å². The number of benzene rings is 2. The van der Waals surface area contributed by atoms with Gasteiger partial charge in [0.2, 0.25) is 0 Å². The molecule has 0 aliphatic carbocycles. The zero-order valence-corrected chi connectivity index (χ0v) is 14.6. The quantitative estimate of drug-likeness (QED) is 0.860. The van der Waals surface area contributed by atoms with Crippen LogP contribution in [0.15, 0.2) is 46.9 Å². The molecule has 116 valence electrons. The number of halogens is 1. The predicted octanol–water partition coefficient (Wildman–Crippen LogP) is 4.32. The normalized spacial score (nSPS) is 11.8. The highest BCUT2D eigenvalue weighted by molar-refractivity contribution is 9.10. The molecule has 0 spiro atoms. The van der Waals surface area contributed by atoms with Gasteiger partial charge < -0.3 is 10.1 Å². The highest BCUT2D eigenvalue weighted by Gasteiger charge is 2.12. The monoisotopic (exact) mass is 361 g/mol. The van der Waals surface area contributed by atoms with Crippen molar-refractivity contribution in [3.05, 3.63) is 63.6 Å². The summed E-state index contributed by atoms with van der Waals surface area (Å²) >= 11 is 3.50. The van der Waals surface area contributed by atoms with Gasteiger partial charge in [-0.05, 0) is 49.6 Å². The van der Waals surface area contributed by atoms with Gasteiger partial charge in [0.15, 0.2) is 6.61 Å². The van der Waals surface area contributed by atoms with Gasteiger partial charge in [0.05, 0.1) is 6.04 Å². The summed E-state index contributed by atoms with van der Waals surface area (Å²) < 4.78 is 6.61. The van der Waals surface area contributed by atoms with Gasteiger partial charge in [-0.25, -0.2) is 0 Å². The van der Waals surface area contributed by atoms with Gasteiger partial charge in [0, 0.05) is 4.47 Å². The number of hydrogen-bond acceptors (Lipinski definition) is 2. The number of ether oxygens (including phenoxy) is 1. The summed E-state index contributed by atoms with van der Waals surface area (Å²) in [6.45, 7) is 5.94. The molecule has 0 aromatic heterocycles. The molecular formula is C18H20BrNO2. The number of amides is 1. The van der Waals surface area contributed by atoms with E-state index < -0.39 is 0 Å². The van der Waals surface area contributed by atoms with Crippen molar-refractivity contribution in [1.29, 1.82) is 0 Å². The minimum Gasteiger partial charge on any atom is -0.483 e. The van der Waals surface area contributed by atoms with E-state index in [4.69, 9.17) is 4.74 Å². The fourth-order valence-corrected chi connectivity index (χ4v) is 2.82. The van der Waals surface area contributed by atoms with Gasteiger partial charge in [-0.1, -0.05) is 46.3 Å². The Hall–Kier alpha value is -1.81. The van der Waals surface area contributed by atoms with Gasteiger partial charge in [-0.2, -0.15) is 0 Å². The molecule has 0 bridgehead atoms. The Morgan fingerprint density at radius 3 is 2.68 bits per heavy atom. The minimum atomic E-state index is -0.135. The number of hydrogen-bond donors (Lipinski definition) is 1. The summed E-state index contributed by atoms with van der Waals surface area (Å²) in [6.07, 6.45) is 0. The first-order chi connectivity index (χ1) is 10.5. The van der Waals surface area contributed by atoms with Crippen LogP contribution in [-0.4, -0.2) is 12.5 Å². The van der Waals surface area contributed by atoms with Crippen molar-refractivity contribution in [2.45, 2.75) is 26.8 Å². The summed E-state index contributed by atoms with van der Waals surface area (Å²) in [5.74, 6) is 0.618. The van der Waals surface area contributed by atoms with Gasteiger partial charge in [-0.15, -0.1) is 0 Å². The van der Waals surface area contributed by atoms with Crippen molar-refractivity contribution >= 4 is 21.8 Å². The highest BCUT2D eigenvalue weighted by Crippen LogP contribution is 2.23. The second kappa shape index (κ2) is 7.45. The molecule has 0 radical (unpaired) electrons. The summed E-state index contributed by atoms with van der Waals surface area (Å²) in [5.41, 5.74) is 3.18. The molecule has 1 unspecified atom stereocenters. The van der Waals surface area contributed by atoms with E-state index in [9.17, 15) is 4.79 Å². The maximum absolute atomic E-state index is 12.1. The van der Waals surface area contributed by atoms with Crippen molar-refractivity contribution in [3.63, 3.8) is 0 Å². The molecule has 2 aromatic rings. The molecule has 0 aliphatic heterocycles. The average molecular weight is 362 g/mol. The molecule has 1 N–H and O–H groups in total. The lowest BCUT2D eigenvalue weighted by molar-refractivity contribution is -0.123. The van der Waals surface area contributed by atoms with E-state index in [0.29, 0.717) is 0 Å². The third-order valence-electron chi connectivity index (χ3n) is 3.45. The average Bonchev–Trinajstić information content (AvgIpc) is 2.48. The van der Waals surface area contributed by atoms with Crippen LogP contribution in [0.25, 0.3) is 0 Å². The van der Waals surface area contributed by atoms with Crippen molar-refractivity contribution in [2.75, 3.05) is 6.61 Å². The van der Waals surface area contributed by atoms with E-state index in [1.165, 1.54) is 0 Å². The lowest BCUT2D eigenvalue weighted by Crippen LogP contribution is -2.31. The Morgan fingerprint density at radius 2 is 1.95 bits per heavy atom. The highest BCUT2D eigenvalue weighted by atomic mass is 79.9. The van der Waals surface area contributed by atoms with Crippen LogP contribution in [-0.2, 0) is 4.79 Å². The molecule has 0 saturated carbocycles. The van der Waals surface area contributed by atoms with Crippen LogP contribution in [0.3, 0.4) is 0 Å². The molecule has 1 atom stereocenters. The van der Waals surface area contributed by atoms with Crippen molar-refractivity contribution in [3.8, 4) is 5.75 Å². The predicted molar refractivity (Wildman–Crippen MR) is 92.1 cm³/mol. The molecule has 0 heterocycles. The van der Waals surface area contributed by atoms with Crippen LogP contribution < -0.4 is 10.1 Å². The van der Waals surface area contributed by atoms with E-state index in [2.05, 4.69) is 21.2 Å². The van der Waals surface area contributed by atoms with Crippen LogP contribution >= 0.6 is 15.9 Å². The van der Waals surface area contributed by atoms with E-state index >= 15 is 0 Å². The third kappa shape index (κ3) is 4.34. The number of carbonyl (C=O) groups is 1. The second-order valence-electron chi connectivity index (χ2n) is 5.37. The van der Waals surface area contributed by atoms with Crippen LogP contribution in [0.1, 0.15) is 29.7 Å². The lowest BCUT2D eigenvalue weighted by Gasteiger charge is -2.16. The maximum atomic E-state index is 12.1. The Balaban J connectivity index is 1.93. The zero-order chi connectivity index (χ0) is 16.1. The Bertz CT molecular complexity index is 670. The Kier molecular flexibility index (Phi) is 5.61. The van der Waals surface area contributed by atoms with Crippen molar-refractivity contribution < 1.29 is 9.53 Å². The van der Waals surface area contributed by atoms with E-state index in [0.717, 1.165) is 26.9 Å². The van der Waals surface area contributed by atoms with E-state index in [1.54, 1.807) is 0 Å². The summed E-state index contributed by atoms with van der Waals surface area (Å²) in [6, 6.07) is 13.7. The number of aryl methyl sites for hydroxylation is 2. The zero-order valence-electron chi connectivity index (χ0n) is 13.0. The smallest absolute Gasteiger partial charge is 0.258 e. The lowest BCUT2D eigenvalue weighted by atomic mass is 10.1. The van der Waals surface area contributed by atoms with Crippen LogP contribution in [0.5, 0.6) is 5.75 Å². The van der Waals surface area contributed by atoms with E-state index in [-0.39, 0.29) is 18.6 Å². The molecule has 4 heteroatoms. The number of rotatable bonds is 5. The Labute approximate surface area is 139 Å². The molecule has 0 aliphatic rings. The molecule has 2 aromatic carbocycles. The molecule has 3 nitrogen and oxygen atoms in total. The first-order valence-corrected chi connectivity index (χ1v) is 8.00. The molecule has 2 rings (SSSR count). The van der Waals surface area contributed by atoms with Crippen LogP contribution in [0, 0.1) is 13.8 Å². The number of nitrogens with one attached hydrogen (secondary N) is 1. The molecule has 0 fully saturated rings. The van der Waals surface area contributed by atoms with Gasteiger partial charge in [-0.3, -0.25) is 4.79 Å². The standard InChI is InChI=1S/C18H20BrNO2/c1-12-8-9-13(2)17(10-12)22-11-18(21)20-14(3)15-6-4-5-7-16(15)19/h4-10,14H,11H2,1-3H3,(H,20,21). The van der Waals surface area contributed by atoms with Crippen LogP contribution in [0.2, 0.25) is 0 Å². The second-order valence-corrected chi connectivity index (χ2v) is 6.22.